The second-order valence-corrected chi connectivity index (χ2v) is 5.49. The van der Waals surface area contributed by atoms with Gasteiger partial charge in [-0.1, -0.05) is 44.2 Å². The van der Waals surface area contributed by atoms with Crippen molar-refractivity contribution in [3.05, 3.63) is 35.9 Å². The molecule has 1 aromatic rings. The van der Waals surface area contributed by atoms with Crippen molar-refractivity contribution in [1.82, 2.24) is 4.90 Å². The monoisotopic (exact) mass is 261 g/mol. The van der Waals surface area contributed by atoms with Gasteiger partial charge in [-0.3, -0.25) is 4.90 Å². The van der Waals surface area contributed by atoms with Crippen molar-refractivity contribution in [1.29, 1.82) is 0 Å². The Kier molecular flexibility index (Phi) is 4.13. The number of hydrogen-bond acceptors (Lipinski definition) is 2. The molecule has 0 spiro atoms. The Labute approximate surface area is 115 Å². The zero-order valence-corrected chi connectivity index (χ0v) is 12.1. The molecule has 0 radical (unpaired) electrons. The van der Waals surface area contributed by atoms with Gasteiger partial charge in [0.2, 0.25) is 0 Å². The van der Waals surface area contributed by atoms with Crippen molar-refractivity contribution < 1.29 is 9.53 Å². The minimum atomic E-state index is -0.160. The molecule has 1 saturated heterocycles. The Hall–Kier alpha value is -1.51. The first-order chi connectivity index (χ1) is 9.10. The molecule has 1 amide bonds. The van der Waals surface area contributed by atoms with Gasteiger partial charge in [0, 0.05) is 5.54 Å². The fraction of sp³-hybridized carbons (Fsp3) is 0.562. The Morgan fingerprint density at radius 2 is 1.89 bits per heavy atom. The van der Waals surface area contributed by atoms with E-state index < -0.39 is 0 Å². The summed E-state index contributed by atoms with van der Waals surface area (Å²) in [5.41, 5.74) is 1.15. The molecule has 1 atom stereocenters. The van der Waals surface area contributed by atoms with E-state index in [4.69, 9.17) is 4.74 Å². The summed E-state index contributed by atoms with van der Waals surface area (Å²) in [4.78, 5) is 14.0. The molecule has 1 aliphatic rings. The number of nitrogens with zero attached hydrogens (tertiary/aromatic N) is 1. The first-order valence-electron chi connectivity index (χ1n) is 7.10. The van der Waals surface area contributed by atoms with Crippen LogP contribution in [0, 0.1) is 0 Å². The maximum atomic E-state index is 12.0. The summed E-state index contributed by atoms with van der Waals surface area (Å²) in [6, 6.07) is 10.5. The molecule has 1 fully saturated rings. The lowest BCUT2D eigenvalue weighted by Crippen LogP contribution is -2.51. The molecule has 0 N–H and O–H groups in total. The van der Waals surface area contributed by atoms with Crippen molar-refractivity contribution in [3.8, 4) is 0 Å². The highest BCUT2D eigenvalue weighted by molar-refractivity contribution is 5.71. The van der Waals surface area contributed by atoms with Crippen LogP contribution in [0.5, 0.6) is 0 Å². The van der Waals surface area contributed by atoms with E-state index in [1.165, 1.54) is 5.56 Å². The van der Waals surface area contributed by atoms with Crippen LogP contribution in [0.3, 0.4) is 0 Å². The zero-order valence-electron chi connectivity index (χ0n) is 12.1. The first-order valence-corrected chi connectivity index (χ1v) is 7.10. The van der Waals surface area contributed by atoms with Gasteiger partial charge in [0.05, 0.1) is 6.04 Å². The third-order valence-electron chi connectivity index (χ3n) is 4.38. The van der Waals surface area contributed by atoms with Gasteiger partial charge in [-0.15, -0.1) is 0 Å². The van der Waals surface area contributed by atoms with E-state index in [9.17, 15) is 4.79 Å². The molecule has 3 heteroatoms. The fourth-order valence-electron chi connectivity index (χ4n) is 2.75. The molecule has 19 heavy (non-hydrogen) atoms. The minimum absolute atomic E-state index is 0.104. The standard InChI is InChI=1S/C16H23NO2/c1-4-16(3,5-2)17-14(12-19-15(17)18)11-13-9-7-6-8-10-13/h6-10,14H,4-5,11-12H2,1-3H3/t14-/m0/s1. The van der Waals surface area contributed by atoms with E-state index in [1.807, 2.05) is 23.1 Å². The van der Waals surface area contributed by atoms with Crippen LogP contribution in [-0.2, 0) is 11.2 Å². The Bertz CT molecular complexity index is 426. The molecule has 1 aromatic carbocycles. The molecule has 3 nitrogen and oxygen atoms in total. The third-order valence-corrected chi connectivity index (χ3v) is 4.38. The van der Waals surface area contributed by atoms with E-state index in [2.05, 4.69) is 32.9 Å². The molecule has 0 saturated carbocycles. The second-order valence-electron chi connectivity index (χ2n) is 5.49. The molecule has 2 rings (SSSR count). The maximum Gasteiger partial charge on any atom is 0.410 e. The van der Waals surface area contributed by atoms with E-state index in [-0.39, 0.29) is 17.7 Å². The molecule has 0 aliphatic carbocycles. The summed E-state index contributed by atoms with van der Waals surface area (Å²) in [6.07, 6.45) is 2.60. The van der Waals surface area contributed by atoms with Gasteiger partial charge in [-0.25, -0.2) is 4.79 Å². The number of amides is 1. The van der Waals surface area contributed by atoms with Gasteiger partial charge in [0.25, 0.3) is 0 Å². The number of hydrogen-bond donors (Lipinski definition) is 0. The van der Waals surface area contributed by atoms with Crippen LogP contribution in [0.1, 0.15) is 39.2 Å². The number of rotatable bonds is 5. The van der Waals surface area contributed by atoms with Crippen LogP contribution in [0.15, 0.2) is 30.3 Å². The van der Waals surface area contributed by atoms with Crippen molar-refractivity contribution in [2.75, 3.05) is 6.61 Å². The van der Waals surface area contributed by atoms with E-state index >= 15 is 0 Å². The number of carbonyl (C=O) groups excluding carboxylic acids is 1. The normalized spacial score (nSPS) is 19.6. The molecule has 104 valence electrons. The average Bonchev–Trinajstić information content (AvgIpc) is 2.81. The molecule has 0 bridgehead atoms. The number of cyclic esters (lactones) is 1. The topological polar surface area (TPSA) is 29.5 Å². The maximum absolute atomic E-state index is 12.0. The predicted octanol–water partition coefficient (Wildman–Crippen LogP) is 3.63. The second kappa shape index (κ2) is 5.64. The molecule has 1 heterocycles. The van der Waals surface area contributed by atoms with Crippen molar-refractivity contribution in [2.24, 2.45) is 0 Å². The lowest BCUT2D eigenvalue weighted by molar-refractivity contribution is 0.0973. The Morgan fingerprint density at radius 3 is 2.47 bits per heavy atom. The molecular weight excluding hydrogens is 238 g/mol. The Morgan fingerprint density at radius 1 is 1.26 bits per heavy atom. The quantitative estimate of drug-likeness (QED) is 0.810. The van der Waals surface area contributed by atoms with Gasteiger partial charge in [-0.05, 0) is 31.7 Å². The zero-order chi connectivity index (χ0) is 13.9. The number of carbonyl (C=O) groups is 1. The SMILES string of the molecule is CCC(C)(CC)N1C(=O)OC[C@@H]1Cc1ccccc1. The number of ether oxygens (including phenoxy) is 1. The predicted molar refractivity (Wildman–Crippen MR) is 76.1 cm³/mol. The third kappa shape index (κ3) is 2.75. The molecule has 0 unspecified atom stereocenters. The van der Waals surface area contributed by atoms with Gasteiger partial charge in [0.1, 0.15) is 6.61 Å². The van der Waals surface area contributed by atoms with E-state index in [0.717, 1.165) is 19.3 Å². The summed E-state index contributed by atoms with van der Waals surface area (Å²) in [5.74, 6) is 0. The van der Waals surface area contributed by atoms with Crippen molar-refractivity contribution in [2.45, 2.75) is 51.6 Å². The molecular formula is C16H23NO2. The van der Waals surface area contributed by atoms with Crippen LogP contribution in [0.2, 0.25) is 0 Å². The summed E-state index contributed by atoms with van der Waals surface area (Å²) in [5, 5.41) is 0. The largest absolute Gasteiger partial charge is 0.447 e. The van der Waals surface area contributed by atoms with Gasteiger partial charge in [0.15, 0.2) is 0 Å². The number of benzene rings is 1. The summed E-state index contributed by atoms with van der Waals surface area (Å²) in [6.45, 7) is 6.92. The lowest BCUT2D eigenvalue weighted by atomic mass is 9.91. The summed E-state index contributed by atoms with van der Waals surface area (Å²) < 4.78 is 5.29. The fourth-order valence-corrected chi connectivity index (χ4v) is 2.75. The van der Waals surface area contributed by atoms with Gasteiger partial charge in [-0.2, -0.15) is 0 Å². The minimum Gasteiger partial charge on any atom is -0.447 e. The lowest BCUT2D eigenvalue weighted by Gasteiger charge is -2.39. The van der Waals surface area contributed by atoms with Crippen molar-refractivity contribution in [3.63, 3.8) is 0 Å². The van der Waals surface area contributed by atoms with Gasteiger partial charge < -0.3 is 4.74 Å². The highest BCUT2D eigenvalue weighted by Gasteiger charge is 2.43. The first kappa shape index (κ1) is 13.9. The highest BCUT2D eigenvalue weighted by atomic mass is 16.6. The highest BCUT2D eigenvalue weighted by Crippen LogP contribution is 2.31. The Balaban J connectivity index is 2.18. The van der Waals surface area contributed by atoms with E-state index in [0.29, 0.717) is 6.61 Å². The van der Waals surface area contributed by atoms with Crippen LogP contribution < -0.4 is 0 Å². The molecule has 0 aromatic heterocycles. The van der Waals surface area contributed by atoms with Crippen LogP contribution in [0.25, 0.3) is 0 Å². The summed E-state index contributed by atoms with van der Waals surface area (Å²) in [7, 11) is 0. The van der Waals surface area contributed by atoms with Crippen molar-refractivity contribution >= 4 is 6.09 Å². The van der Waals surface area contributed by atoms with Crippen LogP contribution in [0.4, 0.5) is 4.79 Å². The van der Waals surface area contributed by atoms with Crippen LogP contribution in [-0.4, -0.2) is 29.2 Å². The average molecular weight is 261 g/mol. The van der Waals surface area contributed by atoms with Crippen LogP contribution >= 0.6 is 0 Å². The van der Waals surface area contributed by atoms with E-state index in [1.54, 1.807) is 0 Å². The van der Waals surface area contributed by atoms with Gasteiger partial charge >= 0.3 is 6.09 Å². The smallest absolute Gasteiger partial charge is 0.410 e. The summed E-state index contributed by atoms with van der Waals surface area (Å²) >= 11 is 0. The molecule has 1 aliphatic heterocycles.